The molecule has 3 nitrogen and oxygen atoms in total. The van der Waals surface area contributed by atoms with Crippen LogP contribution in [0.15, 0.2) is 0 Å². The van der Waals surface area contributed by atoms with Crippen LogP contribution in [0.3, 0.4) is 0 Å². The maximum Gasteiger partial charge on any atom is 0.631 e. The van der Waals surface area contributed by atoms with E-state index < -0.39 is 38.7 Å². The molecule has 0 aromatic rings. The number of halogens is 3. The van der Waals surface area contributed by atoms with Crippen LogP contribution in [-0.4, -0.2) is 53.7 Å². The molecule has 0 aromatic heterocycles. The molecular weight excluding hydrogens is 151 g/mol. The average Bonchev–Trinajstić information content (AvgIpc) is 1.19. The van der Waals surface area contributed by atoms with E-state index in [4.69, 9.17) is 15.1 Å². The van der Waals surface area contributed by atoms with Crippen LogP contribution in [0.4, 0.5) is 13.2 Å². The van der Waals surface area contributed by atoms with Crippen molar-refractivity contribution in [1.29, 1.82) is 0 Å². The van der Waals surface area contributed by atoms with Gasteiger partial charge in [0.15, 0.2) is 0 Å². The van der Waals surface area contributed by atoms with Gasteiger partial charge in [-0.25, -0.2) is 0 Å². The predicted molar refractivity (Wildman–Crippen MR) is 24.2 cm³/mol. The Morgan fingerprint density at radius 1 is 1.11 bits per heavy atom. The van der Waals surface area contributed by atoms with Gasteiger partial charge < -0.3 is 15.1 Å². The van der Waals surface area contributed by atoms with Gasteiger partial charge in [0.25, 0.3) is 0 Å². The molecule has 0 radical (unpaired) electrons. The summed E-state index contributed by atoms with van der Waals surface area (Å²) in [4.78, 5) is 0. The first-order valence-corrected chi connectivity index (χ1v) is 2.84. The molecule has 0 aliphatic heterocycles. The van der Waals surface area contributed by atoms with E-state index in [0.717, 1.165) is 0 Å². The van der Waals surface area contributed by atoms with Crippen LogP contribution in [0.1, 0.15) is 0 Å². The Bertz CT molecular complexity index is 55.8. The van der Waals surface area contributed by atoms with Gasteiger partial charge in [-0.05, 0) is 0 Å². The molecule has 0 amide bonds. The van der Waals surface area contributed by atoms with Crippen LogP contribution in [0.2, 0.25) is 0 Å². The summed E-state index contributed by atoms with van der Waals surface area (Å²) >= 11 is -0.692. The van der Waals surface area contributed by atoms with Gasteiger partial charge in [0.2, 0.25) is 0 Å². The molecule has 0 spiro atoms. The van der Waals surface area contributed by atoms with Crippen LogP contribution in [0.5, 0.6) is 0 Å². The molecule has 0 aliphatic carbocycles. The minimum absolute atomic E-state index is 0.692. The predicted octanol–water partition coefficient (Wildman–Crippen LogP) is -1.38. The molecule has 0 heterocycles. The summed E-state index contributed by atoms with van der Waals surface area (Å²) < 4.78 is 27.4. The summed E-state index contributed by atoms with van der Waals surface area (Å²) in [7, 11) is -2.17. The molecule has 50 valence electrons. The van der Waals surface area contributed by atoms with E-state index in [1.807, 2.05) is 0 Å². The zero-order chi connectivity index (χ0) is 8.08. The summed E-state index contributed by atoms with van der Waals surface area (Å²) in [6, 6.07) is 0. The molecule has 0 unspecified atom stereocenters. The van der Waals surface area contributed by atoms with Crippen molar-refractivity contribution in [3.05, 3.63) is 0 Å². The third kappa shape index (κ3) is 734. The second-order valence-electron chi connectivity index (χ2n) is 1.13. The topological polar surface area (TPSA) is 60.7 Å². The molecule has 0 aliphatic rings. The fraction of sp³-hybridized carbons (Fsp3) is 1.00. The summed E-state index contributed by atoms with van der Waals surface area (Å²) in [6.45, 7) is 0. The van der Waals surface area contributed by atoms with E-state index in [-0.39, 0.29) is 0 Å². The van der Waals surface area contributed by atoms with Gasteiger partial charge in [-0.15, -0.1) is 0 Å². The Kier molecular flexibility index (Phi) is 7.61. The number of rotatable bonds is 0. The summed E-state index contributed by atoms with van der Waals surface area (Å²) in [5, 5.41) is 21.5. The normalized spacial score (nSPS) is 9.78. The molecule has 0 fully saturated rings. The molecule has 8 heteroatoms. The van der Waals surface area contributed by atoms with Crippen molar-refractivity contribution in [2.24, 2.45) is 0 Å². The number of hydrogen-bond donors (Lipinski definition) is 3. The van der Waals surface area contributed by atoms with Gasteiger partial charge >= 0.3 is 51.8 Å². The van der Waals surface area contributed by atoms with E-state index in [9.17, 15) is 13.2 Å². The van der Waals surface area contributed by atoms with Crippen molar-refractivity contribution in [3.63, 3.8) is 0 Å². The third-order valence-corrected chi connectivity index (χ3v) is 0. The largest absolute Gasteiger partial charge is 0.631 e. The van der Waals surface area contributed by atoms with Crippen molar-refractivity contribution in [1.82, 2.24) is 0 Å². The van der Waals surface area contributed by atoms with Gasteiger partial charge in [0, 0.05) is 0 Å². The quantitative estimate of drug-likeness (QED) is 0.377. The van der Waals surface area contributed by atoms with Crippen LogP contribution < -0.4 is 0 Å². The molecule has 9 heavy (non-hydrogen) atoms. The van der Waals surface area contributed by atoms with Crippen molar-refractivity contribution in [2.45, 2.75) is 3.43 Å². The Balaban J connectivity index is 0. The summed E-state index contributed by atoms with van der Waals surface area (Å²) in [5.74, 6) is 0. The molecule has 0 rings (SSSR count). The second kappa shape index (κ2) is 5.51. The molecule has 3 N–H and O–H groups in total. The Hall–Kier alpha value is 0.735. The summed E-state index contributed by atoms with van der Waals surface area (Å²) in [5.41, 5.74) is 0. The first-order chi connectivity index (χ1) is 3.73. The molecule has 0 saturated heterocycles. The maximum atomic E-state index is 10.4. The Labute approximate surface area is 67.1 Å². The van der Waals surface area contributed by atoms with Gasteiger partial charge in [0.05, 0.1) is 0 Å². The van der Waals surface area contributed by atoms with E-state index in [1.165, 1.54) is 0 Å². The Morgan fingerprint density at radius 3 is 1.11 bits per heavy atom. The molecule has 0 bridgehead atoms. The van der Waals surface area contributed by atoms with E-state index in [2.05, 4.69) is 0 Å². The van der Waals surface area contributed by atoms with Gasteiger partial charge in [-0.2, -0.15) is 0 Å². The summed E-state index contributed by atoms with van der Waals surface area (Å²) in [6.07, 6.45) is 0. The first kappa shape index (κ1) is 12.4. The zero-order valence-corrected chi connectivity index (χ0v) is 6.55. The number of hydrogen-bond acceptors (Lipinski definition) is 3. The fourth-order valence-corrected chi connectivity index (χ4v) is 0. The molecule has 0 saturated carbocycles. The van der Waals surface area contributed by atoms with Gasteiger partial charge in [0.1, 0.15) is 0 Å². The zero-order valence-electron chi connectivity index (χ0n) is 4.55. The van der Waals surface area contributed by atoms with E-state index in [1.54, 1.807) is 0 Å². The van der Waals surface area contributed by atoms with Crippen molar-refractivity contribution < 1.29 is 28.2 Å². The Morgan fingerprint density at radius 2 is 1.11 bits per heavy atom. The van der Waals surface area contributed by atoms with E-state index in [0.29, 0.717) is 0 Å². The van der Waals surface area contributed by atoms with E-state index >= 15 is 0 Å². The van der Waals surface area contributed by atoms with Crippen molar-refractivity contribution >= 4 is 35.3 Å². The first-order valence-electron chi connectivity index (χ1n) is 1.84. The average molecular weight is 154 g/mol. The molecule has 0 atom stereocenters. The van der Waals surface area contributed by atoms with Crippen molar-refractivity contribution in [3.8, 4) is 0 Å². The second-order valence-corrected chi connectivity index (χ2v) is 2.26. The standard InChI is InChI=1S/CF3.BH3O3.Na/c2*2-1(3)4;/h;2-4H;. The maximum absolute atomic E-state index is 10.4. The van der Waals surface area contributed by atoms with Crippen LogP contribution >= 0.6 is 0 Å². The number of alkyl halides is 3. The van der Waals surface area contributed by atoms with Gasteiger partial charge in [-0.1, -0.05) is 0 Å². The van der Waals surface area contributed by atoms with Crippen molar-refractivity contribution in [2.75, 3.05) is 0 Å². The SMILES string of the molecule is F[C](F)(F)[Na].OB(O)O. The monoisotopic (exact) mass is 154 g/mol. The van der Waals surface area contributed by atoms with Gasteiger partial charge in [-0.3, -0.25) is 0 Å². The van der Waals surface area contributed by atoms with Crippen LogP contribution in [-0.2, 0) is 0 Å². The van der Waals surface area contributed by atoms with Crippen LogP contribution in [0, 0.1) is 0 Å². The minimum atomic E-state index is -3.86. The molecular formula is CH3BF3NaO3. The fourth-order valence-electron chi connectivity index (χ4n) is 0. The third-order valence-electron chi connectivity index (χ3n) is 0. The minimum Gasteiger partial charge on any atom is -0.402 e. The smallest absolute Gasteiger partial charge is 0.402 e. The van der Waals surface area contributed by atoms with Crippen LogP contribution in [0.25, 0.3) is 0 Å². The molecule has 0 aromatic carbocycles.